The molecule has 1 N–H and O–H groups in total. The summed E-state index contributed by atoms with van der Waals surface area (Å²) in [4.78, 5) is 14.8. The van der Waals surface area contributed by atoms with E-state index in [1.165, 1.54) is 6.92 Å². The van der Waals surface area contributed by atoms with Crippen LogP contribution in [0.25, 0.3) is 5.65 Å². The molecular formula is C10H6ClF3N2O2. The van der Waals surface area contributed by atoms with E-state index >= 15 is 0 Å². The van der Waals surface area contributed by atoms with Gasteiger partial charge in [0.25, 0.3) is 0 Å². The maximum absolute atomic E-state index is 12.6. The van der Waals surface area contributed by atoms with Crippen LogP contribution in [0.15, 0.2) is 12.3 Å². The van der Waals surface area contributed by atoms with Crippen molar-refractivity contribution in [3.63, 3.8) is 0 Å². The third-order valence-corrected chi connectivity index (χ3v) is 2.66. The largest absolute Gasteiger partial charge is 0.477 e. The van der Waals surface area contributed by atoms with Crippen LogP contribution in [0.2, 0.25) is 5.02 Å². The highest BCUT2D eigenvalue weighted by molar-refractivity contribution is 6.33. The summed E-state index contributed by atoms with van der Waals surface area (Å²) in [5, 5.41) is 8.70. The molecular weight excluding hydrogens is 273 g/mol. The summed E-state index contributed by atoms with van der Waals surface area (Å²) in [5.41, 5.74) is -1.28. The molecule has 0 bridgehead atoms. The zero-order valence-corrected chi connectivity index (χ0v) is 9.67. The number of aryl methyl sites for hydroxylation is 1. The monoisotopic (exact) mass is 278 g/mol. The van der Waals surface area contributed by atoms with Gasteiger partial charge in [0.1, 0.15) is 0 Å². The van der Waals surface area contributed by atoms with Crippen molar-refractivity contribution < 1.29 is 23.1 Å². The van der Waals surface area contributed by atoms with E-state index in [1.54, 1.807) is 0 Å². The smallest absolute Gasteiger partial charge is 0.417 e. The number of carbonyl (C=O) groups is 1. The number of carboxylic acid groups (broad SMARTS) is 1. The fourth-order valence-electron chi connectivity index (χ4n) is 1.63. The topological polar surface area (TPSA) is 54.6 Å². The lowest BCUT2D eigenvalue weighted by molar-refractivity contribution is -0.137. The van der Waals surface area contributed by atoms with Gasteiger partial charge >= 0.3 is 12.1 Å². The van der Waals surface area contributed by atoms with Gasteiger partial charge in [0, 0.05) is 6.20 Å². The lowest BCUT2D eigenvalue weighted by Gasteiger charge is -2.08. The summed E-state index contributed by atoms with van der Waals surface area (Å²) >= 11 is 5.68. The van der Waals surface area contributed by atoms with Crippen LogP contribution in [0.3, 0.4) is 0 Å². The SMILES string of the molecule is Cc1nc2c(Cl)cc(C(F)(F)F)cn2c1C(=O)O. The quantitative estimate of drug-likeness (QED) is 0.872. The first-order valence-corrected chi connectivity index (χ1v) is 5.08. The van der Waals surface area contributed by atoms with E-state index in [4.69, 9.17) is 16.7 Å². The van der Waals surface area contributed by atoms with Gasteiger partial charge in [0.2, 0.25) is 0 Å². The molecule has 0 unspecified atom stereocenters. The first-order chi connectivity index (χ1) is 8.21. The second kappa shape index (κ2) is 3.88. The maximum atomic E-state index is 12.6. The maximum Gasteiger partial charge on any atom is 0.417 e. The van der Waals surface area contributed by atoms with Crippen molar-refractivity contribution in [3.05, 3.63) is 34.2 Å². The highest BCUT2D eigenvalue weighted by Gasteiger charge is 2.32. The molecule has 0 aliphatic rings. The molecule has 2 rings (SSSR count). The van der Waals surface area contributed by atoms with Crippen molar-refractivity contribution in [2.75, 3.05) is 0 Å². The van der Waals surface area contributed by atoms with Crippen LogP contribution >= 0.6 is 11.6 Å². The Morgan fingerprint density at radius 3 is 2.61 bits per heavy atom. The Hall–Kier alpha value is -1.76. The summed E-state index contributed by atoms with van der Waals surface area (Å²) in [6.07, 6.45) is -3.93. The molecule has 0 aliphatic heterocycles. The Balaban J connectivity index is 2.85. The minimum Gasteiger partial charge on any atom is -0.477 e. The molecule has 0 atom stereocenters. The molecule has 0 fully saturated rings. The Bertz CT molecular complexity index is 649. The average molecular weight is 279 g/mol. The van der Waals surface area contributed by atoms with E-state index in [0.717, 1.165) is 10.5 Å². The van der Waals surface area contributed by atoms with Crippen molar-refractivity contribution >= 4 is 23.2 Å². The van der Waals surface area contributed by atoms with Gasteiger partial charge in [-0.05, 0) is 13.0 Å². The fraction of sp³-hybridized carbons (Fsp3) is 0.200. The lowest BCUT2D eigenvalue weighted by atomic mass is 10.2. The van der Waals surface area contributed by atoms with Gasteiger partial charge in [-0.3, -0.25) is 4.40 Å². The second-order valence-corrected chi connectivity index (χ2v) is 4.03. The van der Waals surface area contributed by atoms with Crippen molar-refractivity contribution in [2.45, 2.75) is 13.1 Å². The zero-order valence-electron chi connectivity index (χ0n) is 8.92. The Morgan fingerprint density at radius 2 is 2.11 bits per heavy atom. The predicted molar refractivity (Wildman–Crippen MR) is 56.9 cm³/mol. The van der Waals surface area contributed by atoms with Crippen LogP contribution in [-0.2, 0) is 6.18 Å². The van der Waals surface area contributed by atoms with Crippen molar-refractivity contribution in [3.8, 4) is 0 Å². The van der Waals surface area contributed by atoms with Crippen LogP contribution in [0.4, 0.5) is 13.2 Å². The molecule has 18 heavy (non-hydrogen) atoms. The number of aromatic carboxylic acids is 1. The molecule has 0 aromatic carbocycles. The molecule has 0 saturated carbocycles. The highest BCUT2D eigenvalue weighted by Crippen LogP contribution is 2.32. The molecule has 0 spiro atoms. The number of imidazole rings is 1. The highest BCUT2D eigenvalue weighted by atomic mass is 35.5. The number of fused-ring (bicyclic) bond motifs is 1. The molecule has 0 amide bonds. The average Bonchev–Trinajstić information content (AvgIpc) is 2.53. The number of nitrogens with zero attached hydrogens (tertiary/aromatic N) is 2. The Kier molecular flexibility index (Phi) is 2.73. The zero-order chi connectivity index (χ0) is 13.7. The molecule has 8 heteroatoms. The van der Waals surface area contributed by atoms with E-state index in [2.05, 4.69) is 4.98 Å². The van der Waals surface area contributed by atoms with E-state index in [-0.39, 0.29) is 22.1 Å². The number of alkyl halides is 3. The summed E-state index contributed by atoms with van der Waals surface area (Å²) in [6, 6.07) is 0.717. The minimum atomic E-state index is -4.61. The molecule has 2 aromatic rings. The third-order valence-electron chi connectivity index (χ3n) is 2.38. The van der Waals surface area contributed by atoms with Crippen molar-refractivity contribution in [1.82, 2.24) is 9.38 Å². The number of aromatic nitrogens is 2. The first-order valence-electron chi connectivity index (χ1n) is 4.70. The van der Waals surface area contributed by atoms with Gasteiger partial charge in [-0.1, -0.05) is 11.6 Å². The van der Waals surface area contributed by atoms with Gasteiger partial charge in [0.05, 0.1) is 16.3 Å². The van der Waals surface area contributed by atoms with E-state index in [0.29, 0.717) is 6.20 Å². The molecule has 0 saturated heterocycles. The van der Waals surface area contributed by atoms with Gasteiger partial charge in [-0.15, -0.1) is 0 Å². The summed E-state index contributed by atoms with van der Waals surface area (Å²) in [6.45, 7) is 1.39. The van der Waals surface area contributed by atoms with Gasteiger partial charge in [-0.25, -0.2) is 9.78 Å². The summed E-state index contributed by atoms with van der Waals surface area (Å²) in [7, 11) is 0. The number of rotatable bonds is 1. The van der Waals surface area contributed by atoms with Crippen LogP contribution in [0.1, 0.15) is 21.7 Å². The first kappa shape index (κ1) is 12.7. The van der Waals surface area contributed by atoms with Crippen LogP contribution in [-0.4, -0.2) is 20.5 Å². The van der Waals surface area contributed by atoms with Gasteiger partial charge in [0.15, 0.2) is 11.3 Å². The standard InChI is InChI=1S/C10H6ClF3N2O2/c1-4-7(9(17)18)16-3-5(10(12,13)14)2-6(11)8(16)15-4/h2-3H,1H3,(H,17,18). The van der Waals surface area contributed by atoms with Crippen LogP contribution in [0, 0.1) is 6.92 Å². The van der Waals surface area contributed by atoms with Crippen molar-refractivity contribution in [2.24, 2.45) is 0 Å². The summed E-state index contributed by atoms with van der Waals surface area (Å²) < 4.78 is 38.6. The molecule has 2 aromatic heterocycles. The van der Waals surface area contributed by atoms with Crippen LogP contribution < -0.4 is 0 Å². The molecule has 0 radical (unpaired) electrons. The van der Waals surface area contributed by atoms with E-state index in [1.807, 2.05) is 0 Å². The number of hydrogen-bond donors (Lipinski definition) is 1. The number of hydrogen-bond acceptors (Lipinski definition) is 2. The lowest BCUT2D eigenvalue weighted by Crippen LogP contribution is -2.09. The molecule has 2 heterocycles. The van der Waals surface area contributed by atoms with Gasteiger partial charge < -0.3 is 5.11 Å². The van der Waals surface area contributed by atoms with Crippen LogP contribution in [0.5, 0.6) is 0 Å². The van der Waals surface area contributed by atoms with Gasteiger partial charge in [-0.2, -0.15) is 13.2 Å². The normalized spacial score (nSPS) is 12.1. The van der Waals surface area contributed by atoms with E-state index in [9.17, 15) is 18.0 Å². The van der Waals surface area contributed by atoms with E-state index < -0.39 is 17.7 Å². The minimum absolute atomic E-state index is 0.0143. The number of carboxylic acids is 1. The molecule has 4 nitrogen and oxygen atoms in total. The molecule has 96 valence electrons. The molecule has 0 aliphatic carbocycles. The number of halogens is 4. The fourth-order valence-corrected chi connectivity index (χ4v) is 1.88. The second-order valence-electron chi connectivity index (χ2n) is 3.62. The Morgan fingerprint density at radius 1 is 1.50 bits per heavy atom. The number of pyridine rings is 1. The Labute approximate surface area is 104 Å². The third kappa shape index (κ3) is 1.90. The van der Waals surface area contributed by atoms with Crippen molar-refractivity contribution in [1.29, 1.82) is 0 Å². The predicted octanol–water partition coefficient (Wildman–Crippen LogP) is 3.01. The summed E-state index contributed by atoms with van der Waals surface area (Å²) in [5.74, 6) is -1.37.